The van der Waals surface area contributed by atoms with E-state index >= 15 is 0 Å². The number of hydrogen-bond acceptors (Lipinski definition) is 7. The van der Waals surface area contributed by atoms with Crippen molar-refractivity contribution in [3.63, 3.8) is 0 Å². The number of nitrogens with zero attached hydrogens (tertiary/aromatic N) is 4. The van der Waals surface area contributed by atoms with Crippen LogP contribution in [0.15, 0.2) is 6.07 Å². The monoisotopic (exact) mass is 285 g/mol. The number of hydrazine groups is 1. The lowest BCUT2D eigenvalue weighted by molar-refractivity contribution is -0.493. The minimum absolute atomic E-state index is 0.00991. The summed E-state index contributed by atoms with van der Waals surface area (Å²) in [7, 11) is 2.29. The van der Waals surface area contributed by atoms with Gasteiger partial charge in [0.15, 0.2) is 5.03 Å². The Labute approximate surface area is 112 Å². The molecule has 0 unspecified atom stereocenters. The number of rotatable bonds is 5. The van der Waals surface area contributed by atoms with Gasteiger partial charge in [-0.3, -0.25) is 20.2 Å². The molecule has 0 atom stereocenters. The third kappa shape index (κ3) is 2.41. The fourth-order valence-corrected chi connectivity index (χ4v) is 1.81. The first-order valence-corrected chi connectivity index (χ1v) is 5.24. The van der Waals surface area contributed by atoms with E-state index in [1.165, 1.54) is 14.0 Å². The van der Waals surface area contributed by atoms with Crippen LogP contribution in [0, 0.1) is 37.3 Å². The second kappa shape index (κ2) is 5.34. The molecule has 11 heteroatoms. The fraction of sp³-hybridized carbons (Fsp3) is 0.333. The van der Waals surface area contributed by atoms with Crippen LogP contribution in [-0.2, 0) is 0 Å². The lowest BCUT2D eigenvalue weighted by Gasteiger charge is -2.13. The average molecular weight is 285 g/mol. The predicted molar refractivity (Wildman–Crippen MR) is 69.4 cm³/mol. The van der Waals surface area contributed by atoms with E-state index < -0.39 is 31.9 Å². The molecular formula is C9H11N5O6. The summed E-state index contributed by atoms with van der Waals surface area (Å²) in [5, 5.41) is 34.8. The van der Waals surface area contributed by atoms with E-state index in [4.69, 9.17) is 0 Å². The Morgan fingerprint density at radius 1 is 1.15 bits per heavy atom. The van der Waals surface area contributed by atoms with E-state index in [-0.39, 0.29) is 16.3 Å². The maximum atomic E-state index is 11.1. The van der Waals surface area contributed by atoms with Crippen molar-refractivity contribution >= 4 is 22.7 Å². The molecule has 0 heterocycles. The van der Waals surface area contributed by atoms with Gasteiger partial charge in [-0.1, -0.05) is 5.01 Å². The molecule has 0 radical (unpaired) electrons. The lowest BCUT2D eigenvalue weighted by atomic mass is 10.1. The minimum Gasteiger partial charge on any atom is -0.382 e. The molecule has 0 bridgehead atoms. The first-order chi connectivity index (χ1) is 9.22. The zero-order valence-corrected chi connectivity index (χ0v) is 10.8. The van der Waals surface area contributed by atoms with E-state index in [1.54, 1.807) is 0 Å². The first kappa shape index (κ1) is 15.1. The summed E-state index contributed by atoms with van der Waals surface area (Å²) in [4.78, 5) is 31.2. The quantitative estimate of drug-likeness (QED) is 0.632. The van der Waals surface area contributed by atoms with E-state index in [0.29, 0.717) is 0 Å². The van der Waals surface area contributed by atoms with Gasteiger partial charge in [0, 0.05) is 13.1 Å². The molecule has 11 nitrogen and oxygen atoms in total. The van der Waals surface area contributed by atoms with Crippen LogP contribution < -0.4 is 10.3 Å². The number of nitrogens with one attached hydrogen (secondary N) is 1. The smallest absolute Gasteiger partial charge is 0.328 e. The van der Waals surface area contributed by atoms with Gasteiger partial charge >= 0.3 is 11.4 Å². The molecule has 0 spiro atoms. The van der Waals surface area contributed by atoms with Crippen molar-refractivity contribution in [2.45, 2.75) is 6.92 Å². The van der Waals surface area contributed by atoms with Crippen molar-refractivity contribution in [1.82, 2.24) is 0 Å². The van der Waals surface area contributed by atoms with Crippen LogP contribution in [0.5, 0.6) is 0 Å². The molecule has 1 N–H and O–H groups in total. The van der Waals surface area contributed by atoms with Crippen LogP contribution in [0.4, 0.5) is 22.7 Å². The Kier molecular flexibility index (Phi) is 4.02. The van der Waals surface area contributed by atoms with Crippen LogP contribution in [0.2, 0.25) is 0 Å². The highest BCUT2D eigenvalue weighted by Crippen LogP contribution is 2.44. The summed E-state index contributed by atoms with van der Waals surface area (Å²) in [5.41, 5.74) is -1.86. The highest BCUT2D eigenvalue weighted by atomic mass is 16.7. The second-order valence-electron chi connectivity index (χ2n) is 3.81. The number of aryl methyl sites for hydroxylation is 1. The highest BCUT2D eigenvalue weighted by Gasteiger charge is 2.37. The van der Waals surface area contributed by atoms with Gasteiger partial charge < -0.3 is 5.32 Å². The molecule has 0 amide bonds. The van der Waals surface area contributed by atoms with Gasteiger partial charge in [-0.25, -0.2) is 10.1 Å². The van der Waals surface area contributed by atoms with Crippen molar-refractivity contribution in [3.05, 3.63) is 42.0 Å². The molecule has 20 heavy (non-hydrogen) atoms. The van der Waals surface area contributed by atoms with E-state index in [1.807, 2.05) is 0 Å². The van der Waals surface area contributed by atoms with Gasteiger partial charge in [0.1, 0.15) is 5.69 Å². The van der Waals surface area contributed by atoms with Crippen LogP contribution in [0.3, 0.4) is 0 Å². The number of hydrogen-bond donors (Lipinski definition) is 1. The Morgan fingerprint density at radius 3 is 2.05 bits per heavy atom. The summed E-state index contributed by atoms with van der Waals surface area (Å²) in [5.74, 6) is 0. The summed E-state index contributed by atoms with van der Waals surface area (Å²) >= 11 is 0. The van der Waals surface area contributed by atoms with Crippen molar-refractivity contribution in [1.29, 1.82) is 0 Å². The second-order valence-corrected chi connectivity index (χ2v) is 3.81. The summed E-state index contributed by atoms with van der Waals surface area (Å²) in [6.45, 7) is 1.43. The summed E-state index contributed by atoms with van der Waals surface area (Å²) in [6.07, 6.45) is 0. The summed E-state index contributed by atoms with van der Waals surface area (Å²) in [6, 6.07) is 1.05. The maximum absolute atomic E-state index is 11.1. The van der Waals surface area contributed by atoms with Gasteiger partial charge in [-0.2, -0.15) is 0 Å². The highest BCUT2D eigenvalue weighted by molar-refractivity contribution is 5.85. The van der Waals surface area contributed by atoms with Gasteiger partial charge in [0.05, 0.1) is 16.9 Å². The summed E-state index contributed by atoms with van der Waals surface area (Å²) < 4.78 is 0. The molecule has 0 aliphatic heterocycles. The normalized spacial score (nSPS) is 9.95. The SMILES string of the molecule is CNc1c(C)cc([N+](=O)[O-])c(N(C)[N+](=O)[O-])c1[N+](=O)[O-]. The molecule has 0 saturated heterocycles. The van der Waals surface area contributed by atoms with Crippen LogP contribution in [0.1, 0.15) is 5.56 Å². The van der Waals surface area contributed by atoms with E-state index in [9.17, 15) is 30.3 Å². The van der Waals surface area contributed by atoms with Crippen LogP contribution in [-0.4, -0.2) is 29.0 Å². The molecule has 1 aromatic rings. The Hall–Kier alpha value is -2.98. The van der Waals surface area contributed by atoms with Gasteiger partial charge in [-0.15, -0.1) is 0 Å². The van der Waals surface area contributed by atoms with Crippen molar-refractivity contribution in [2.24, 2.45) is 0 Å². The van der Waals surface area contributed by atoms with E-state index in [0.717, 1.165) is 13.1 Å². The molecule has 0 fully saturated rings. The Bertz CT molecular complexity index is 601. The largest absolute Gasteiger partial charge is 0.382 e. The molecule has 1 rings (SSSR count). The standard InChI is InChI=1S/C9H11N5O6/c1-5-4-6(12(15)16)8(11(3)14(19)20)9(13(17)18)7(5)10-2/h4,10H,1-3H3. The topological polar surface area (TPSA) is 145 Å². The van der Waals surface area contributed by atoms with Crippen molar-refractivity contribution < 1.29 is 14.9 Å². The zero-order chi connectivity index (χ0) is 15.6. The molecule has 0 saturated carbocycles. The zero-order valence-electron chi connectivity index (χ0n) is 10.8. The fourth-order valence-electron chi connectivity index (χ4n) is 1.81. The van der Waals surface area contributed by atoms with E-state index in [2.05, 4.69) is 5.32 Å². The minimum atomic E-state index is -0.968. The average Bonchev–Trinajstić information content (AvgIpc) is 2.35. The Balaban J connectivity index is 3.86. The van der Waals surface area contributed by atoms with Gasteiger partial charge in [-0.05, 0) is 12.5 Å². The number of anilines is 2. The van der Waals surface area contributed by atoms with Crippen molar-refractivity contribution in [2.75, 3.05) is 24.4 Å². The third-order valence-electron chi connectivity index (χ3n) is 2.65. The van der Waals surface area contributed by atoms with Crippen LogP contribution in [0.25, 0.3) is 0 Å². The molecule has 1 aromatic carbocycles. The molecule has 0 aromatic heterocycles. The molecule has 108 valence electrons. The van der Waals surface area contributed by atoms with Crippen LogP contribution >= 0.6 is 0 Å². The number of nitro benzene ring substituents is 2. The number of nitro groups is 3. The molecule has 0 aliphatic carbocycles. The lowest BCUT2D eigenvalue weighted by Crippen LogP contribution is -2.26. The third-order valence-corrected chi connectivity index (χ3v) is 2.65. The first-order valence-electron chi connectivity index (χ1n) is 5.24. The van der Waals surface area contributed by atoms with Gasteiger partial charge in [0.2, 0.25) is 0 Å². The molecular weight excluding hydrogens is 274 g/mol. The van der Waals surface area contributed by atoms with Crippen molar-refractivity contribution in [3.8, 4) is 0 Å². The van der Waals surface area contributed by atoms with Gasteiger partial charge in [0.25, 0.3) is 5.69 Å². The maximum Gasteiger partial charge on any atom is 0.328 e. The predicted octanol–water partition coefficient (Wildman–Crippen LogP) is 1.48. The number of benzene rings is 1. The Morgan fingerprint density at radius 2 is 1.70 bits per heavy atom. The molecule has 0 aliphatic rings.